The molecule has 120 valence electrons. The zero-order chi connectivity index (χ0) is 16.3. The number of carbonyl (C=O) groups is 1. The Morgan fingerprint density at radius 3 is 2.57 bits per heavy atom. The Morgan fingerprint density at radius 2 is 2.10 bits per heavy atom. The molecule has 0 saturated heterocycles. The highest BCUT2D eigenvalue weighted by molar-refractivity contribution is 6.74. The number of hydrogen-bond acceptors (Lipinski definition) is 4. The zero-order valence-corrected chi connectivity index (χ0v) is 14.8. The minimum atomic E-state index is -1.78. The van der Waals surface area contributed by atoms with Gasteiger partial charge in [0.2, 0.25) is 0 Å². The monoisotopic (exact) mass is 315 g/mol. The maximum Gasteiger partial charge on any atom is 0.344 e. The second-order valence-electron chi connectivity index (χ2n) is 6.95. The molecule has 1 atom stereocenters. The van der Waals surface area contributed by atoms with Crippen LogP contribution >= 0.6 is 0 Å². The van der Waals surface area contributed by atoms with Crippen molar-refractivity contribution < 1.29 is 18.4 Å². The Kier molecular flexibility index (Phi) is 5.87. The molecule has 0 fully saturated rings. The molecule has 0 aromatic rings. The van der Waals surface area contributed by atoms with Crippen molar-refractivity contribution in [3.63, 3.8) is 0 Å². The van der Waals surface area contributed by atoms with Crippen LogP contribution in [-0.2, 0) is 14.1 Å². The highest BCUT2D eigenvalue weighted by Crippen LogP contribution is 2.36. The van der Waals surface area contributed by atoms with Crippen molar-refractivity contribution in [3.05, 3.63) is 11.9 Å². The smallest absolute Gasteiger partial charge is 0.344 e. The molecule has 1 rings (SSSR count). The number of rotatable bonds is 6. The van der Waals surface area contributed by atoms with Crippen molar-refractivity contribution in [3.8, 4) is 0 Å². The highest BCUT2D eigenvalue weighted by atomic mass is 28.4. The molecule has 0 aromatic heterocycles. The molecule has 0 saturated carbocycles. The quantitative estimate of drug-likeness (QED) is 0.419. The third-order valence-electron chi connectivity index (χ3n) is 4.22. The van der Waals surface area contributed by atoms with E-state index in [1.807, 2.05) is 0 Å². The summed E-state index contributed by atoms with van der Waals surface area (Å²) >= 11 is 0. The van der Waals surface area contributed by atoms with Crippen LogP contribution in [0.4, 0.5) is 4.39 Å². The van der Waals surface area contributed by atoms with Crippen LogP contribution in [0.5, 0.6) is 0 Å². The number of hydrogen-bond donors (Lipinski definition) is 0. The first kappa shape index (κ1) is 18.0. The molecule has 0 bridgehead atoms. The van der Waals surface area contributed by atoms with Gasteiger partial charge in [0.1, 0.15) is 5.92 Å². The molecule has 6 heteroatoms. The number of halogens is 1. The lowest BCUT2D eigenvalue weighted by molar-refractivity contribution is -0.143. The van der Waals surface area contributed by atoms with E-state index in [2.05, 4.69) is 43.9 Å². The molecule has 0 radical (unpaired) electrons. The molecule has 1 aliphatic heterocycles. The minimum absolute atomic E-state index is 0.0221. The van der Waals surface area contributed by atoms with E-state index >= 15 is 0 Å². The van der Waals surface area contributed by atoms with Crippen molar-refractivity contribution in [1.29, 1.82) is 0 Å². The van der Waals surface area contributed by atoms with Crippen molar-refractivity contribution in [2.45, 2.75) is 58.7 Å². The summed E-state index contributed by atoms with van der Waals surface area (Å²) in [6.45, 7) is 13.0. The second kappa shape index (κ2) is 6.83. The summed E-state index contributed by atoms with van der Waals surface area (Å²) in [6, 6.07) is 0. The van der Waals surface area contributed by atoms with Crippen molar-refractivity contribution in [1.82, 2.24) is 0 Å². The molecule has 1 aliphatic rings. The molecular formula is C15H26FNO3Si. The lowest BCUT2D eigenvalue weighted by atomic mass is 10.0. The second-order valence-corrected chi connectivity index (χ2v) is 11.8. The van der Waals surface area contributed by atoms with Gasteiger partial charge in [0, 0.05) is 13.0 Å². The van der Waals surface area contributed by atoms with Crippen molar-refractivity contribution >= 4 is 20.0 Å². The van der Waals surface area contributed by atoms with Gasteiger partial charge in [-0.3, -0.25) is 0 Å². The first-order valence-electron chi connectivity index (χ1n) is 7.28. The van der Waals surface area contributed by atoms with Gasteiger partial charge in [-0.25, -0.2) is 9.18 Å². The summed E-state index contributed by atoms with van der Waals surface area (Å²) in [5.41, 5.74) is 0.529. The van der Waals surface area contributed by atoms with E-state index in [0.29, 0.717) is 18.7 Å². The fourth-order valence-corrected chi connectivity index (χ4v) is 2.73. The van der Waals surface area contributed by atoms with Gasteiger partial charge in [-0.1, -0.05) is 32.0 Å². The maximum atomic E-state index is 13.8. The Morgan fingerprint density at radius 1 is 1.48 bits per heavy atom. The Balaban J connectivity index is 2.40. The summed E-state index contributed by atoms with van der Waals surface area (Å²) < 4.78 is 19.8. The average molecular weight is 315 g/mol. The first-order chi connectivity index (χ1) is 9.54. The molecule has 1 unspecified atom stereocenters. The van der Waals surface area contributed by atoms with Gasteiger partial charge >= 0.3 is 5.97 Å². The number of allylic oxidation sites excluding steroid dienone is 1. The van der Waals surface area contributed by atoms with Crippen LogP contribution in [0, 0.1) is 5.92 Å². The van der Waals surface area contributed by atoms with Crippen LogP contribution in [0.1, 0.15) is 40.5 Å². The van der Waals surface area contributed by atoms with Crippen LogP contribution in [0.15, 0.2) is 17.1 Å². The Bertz CT molecular complexity index is 452. The third kappa shape index (κ3) is 5.03. The van der Waals surface area contributed by atoms with Crippen LogP contribution in [0.2, 0.25) is 18.1 Å². The van der Waals surface area contributed by atoms with E-state index in [0.717, 1.165) is 0 Å². The summed E-state index contributed by atoms with van der Waals surface area (Å²) in [5, 5.41) is 3.71. The third-order valence-corrected chi connectivity index (χ3v) is 8.76. The number of nitrogens with zero attached hydrogens (tertiary/aromatic N) is 1. The van der Waals surface area contributed by atoms with Gasteiger partial charge < -0.3 is 9.26 Å². The van der Waals surface area contributed by atoms with E-state index in [-0.39, 0.29) is 17.3 Å². The zero-order valence-electron chi connectivity index (χ0n) is 13.8. The molecular weight excluding hydrogens is 289 g/mol. The fraction of sp³-hybridized carbons (Fsp3) is 0.733. The average Bonchev–Trinajstić information content (AvgIpc) is 2.65. The van der Waals surface area contributed by atoms with E-state index in [9.17, 15) is 9.18 Å². The summed E-state index contributed by atoms with van der Waals surface area (Å²) in [7, 11) is -1.78. The van der Waals surface area contributed by atoms with Gasteiger partial charge in [-0.2, -0.15) is 0 Å². The lowest BCUT2D eigenvalue weighted by Crippen LogP contribution is -2.40. The summed E-state index contributed by atoms with van der Waals surface area (Å²) in [6.07, 6.45) is 2.02. The van der Waals surface area contributed by atoms with Crippen molar-refractivity contribution in [2.75, 3.05) is 6.61 Å². The molecule has 0 N–H and O–H groups in total. The molecule has 4 nitrogen and oxygen atoms in total. The lowest BCUT2D eigenvalue weighted by Gasteiger charge is -2.36. The van der Waals surface area contributed by atoms with Gasteiger partial charge in [0.05, 0.1) is 11.5 Å². The van der Waals surface area contributed by atoms with Crippen LogP contribution in [0.3, 0.4) is 0 Å². The summed E-state index contributed by atoms with van der Waals surface area (Å²) in [4.78, 5) is 15.9. The van der Waals surface area contributed by atoms with Gasteiger partial charge in [-0.05, 0) is 31.5 Å². The van der Waals surface area contributed by atoms with Gasteiger partial charge in [0.25, 0.3) is 0 Å². The van der Waals surface area contributed by atoms with Crippen molar-refractivity contribution in [2.24, 2.45) is 11.1 Å². The molecule has 1 heterocycles. The Hall–Kier alpha value is -1.01. The van der Waals surface area contributed by atoms with Crippen LogP contribution < -0.4 is 0 Å². The molecule has 0 spiro atoms. The van der Waals surface area contributed by atoms with Crippen LogP contribution in [-0.4, -0.2) is 26.6 Å². The van der Waals surface area contributed by atoms with E-state index in [4.69, 9.17) is 4.43 Å². The van der Waals surface area contributed by atoms with Gasteiger partial charge in [-0.15, -0.1) is 0 Å². The molecule has 0 amide bonds. The first-order valence-corrected chi connectivity index (χ1v) is 10.2. The SMILES string of the molecule is CC1=NOC(=O)C1C/C(F)=C/CCO[Si](C)(C)C(C)(C)C. The predicted octanol–water partition coefficient (Wildman–Crippen LogP) is 4.19. The van der Waals surface area contributed by atoms with Crippen LogP contribution in [0.25, 0.3) is 0 Å². The Labute approximate surface area is 127 Å². The largest absolute Gasteiger partial charge is 0.417 e. The van der Waals surface area contributed by atoms with E-state index in [1.165, 1.54) is 6.08 Å². The van der Waals surface area contributed by atoms with E-state index in [1.54, 1.807) is 6.92 Å². The highest BCUT2D eigenvalue weighted by Gasteiger charge is 2.36. The topological polar surface area (TPSA) is 47.9 Å². The van der Waals surface area contributed by atoms with E-state index < -0.39 is 20.2 Å². The molecule has 0 aliphatic carbocycles. The fourth-order valence-electron chi connectivity index (χ4n) is 1.67. The standard InChI is InChI=1S/C15H26FNO3Si/c1-11-13(14(18)20-17-11)10-12(16)8-7-9-19-21(5,6)15(2,3)4/h8,13H,7,9-10H2,1-6H3/b12-8-. The number of carbonyl (C=O) groups excluding carboxylic acids is 1. The number of oxime groups is 1. The molecule has 0 aromatic carbocycles. The minimum Gasteiger partial charge on any atom is -0.417 e. The van der Waals surface area contributed by atoms with Gasteiger partial charge in [0.15, 0.2) is 8.32 Å². The maximum absolute atomic E-state index is 13.8. The predicted molar refractivity (Wildman–Crippen MR) is 84.3 cm³/mol. The normalized spacial score (nSPS) is 20.5. The summed E-state index contributed by atoms with van der Waals surface area (Å²) in [5.74, 6) is -1.37. The molecule has 21 heavy (non-hydrogen) atoms.